The quantitative estimate of drug-likeness (QED) is 0.875. The van der Waals surface area contributed by atoms with Crippen LogP contribution in [0.5, 0.6) is 0 Å². The van der Waals surface area contributed by atoms with E-state index in [-0.39, 0.29) is 5.54 Å². The zero-order valence-corrected chi connectivity index (χ0v) is 11.8. The van der Waals surface area contributed by atoms with E-state index in [0.717, 1.165) is 25.0 Å². The van der Waals surface area contributed by atoms with Crippen molar-refractivity contribution >= 4 is 17.4 Å². The van der Waals surface area contributed by atoms with Crippen molar-refractivity contribution in [2.24, 2.45) is 10.7 Å². The molecule has 0 saturated heterocycles. The van der Waals surface area contributed by atoms with E-state index in [1.807, 2.05) is 5.51 Å². The van der Waals surface area contributed by atoms with Crippen LogP contribution in [0, 0.1) is 0 Å². The number of ether oxygens (including phenoxy) is 1. The molecule has 0 bridgehead atoms. The average molecular weight is 285 g/mol. The Morgan fingerprint density at radius 3 is 3.05 bits per heavy atom. The van der Waals surface area contributed by atoms with E-state index >= 15 is 0 Å². The molecule has 1 aromatic heterocycles. The van der Waals surface area contributed by atoms with Crippen molar-refractivity contribution < 1.29 is 4.74 Å². The minimum atomic E-state index is -0.141. The minimum Gasteiger partial charge on any atom is -0.463 e. The largest absolute Gasteiger partial charge is 0.463 e. The fourth-order valence-corrected chi connectivity index (χ4v) is 3.76. The summed E-state index contributed by atoms with van der Waals surface area (Å²) in [5.41, 5.74) is 12.5. The predicted octanol–water partition coefficient (Wildman–Crippen LogP) is 2.38. The summed E-state index contributed by atoms with van der Waals surface area (Å²) in [6.45, 7) is 0.610. The summed E-state index contributed by atoms with van der Waals surface area (Å²) in [7, 11) is 0. The molecule has 5 heteroatoms. The van der Waals surface area contributed by atoms with Gasteiger partial charge in [-0.15, -0.1) is 11.3 Å². The summed E-state index contributed by atoms with van der Waals surface area (Å²) >= 11 is 1.63. The first kappa shape index (κ1) is 11.9. The summed E-state index contributed by atoms with van der Waals surface area (Å²) in [5.74, 6) is 0. The van der Waals surface area contributed by atoms with Gasteiger partial charge in [0.05, 0.1) is 11.2 Å². The zero-order valence-electron chi connectivity index (χ0n) is 11.0. The van der Waals surface area contributed by atoms with E-state index in [4.69, 9.17) is 10.5 Å². The van der Waals surface area contributed by atoms with Gasteiger partial charge in [-0.25, -0.2) is 9.98 Å². The Labute approximate surface area is 121 Å². The molecule has 1 aromatic carbocycles. The summed E-state index contributed by atoms with van der Waals surface area (Å²) in [5, 5.41) is 2.11. The fraction of sp³-hybridized carbons (Fsp3) is 0.333. The Kier molecular flexibility index (Phi) is 2.57. The molecule has 0 fully saturated rings. The minimum absolute atomic E-state index is 0.141. The van der Waals surface area contributed by atoms with Crippen molar-refractivity contribution in [3.63, 3.8) is 0 Å². The van der Waals surface area contributed by atoms with Crippen molar-refractivity contribution in [3.8, 4) is 11.3 Å². The molecule has 1 aliphatic heterocycles. The number of fused-ring (bicyclic) bond motifs is 1. The first-order valence-electron chi connectivity index (χ1n) is 6.73. The lowest BCUT2D eigenvalue weighted by atomic mass is 9.77. The Bertz CT molecular complexity index is 680. The first-order valence-corrected chi connectivity index (χ1v) is 7.68. The van der Waals surface area contributed by atoms with Gasteiger partial charge in [0.2, 0.25) is 0 Å². The second-order valence-corrected chi connectivity index (χ2v) is 6.18. The highest BCUT2D eigenvalue weighted by molar-refractivity contribution is 7.07. The third-order valence-electron chi connectivity index (χ3n) is 4.18. The zero-order chi connectivity index (χ0) is 13.6. The molecular formula is C15H15N3OS. The normalized spacial score (nSPS) is 24.3. The molecule has 1 spiro atoms. The number of nitrogens with zero attached hydrogens (tertiary/aromatic N) is 2. The van der Waals surface area contributed by atoms with Gasteiger partial charge < -0.3 is 10.5 Å². The number of amidine groups is 1. The van der Waals surface area contributed by atoms with E-state index in [1.54, 1.807) is 11.3 Å². The van der Waals surface area contributed by atoms with E-state index in [0.29, 0.717) is 12.6 Å². The molecule has 2 heterocycles. The van der Waals surface area contributed by atoms with E-state index in [1.165, 1.54) is 16.7 Å². The molecule has 4 nitrogen and oxygen atoms in total. The van der Waals surface area contributed by atoms with Crippen LogP contribution in [0.1, 0.15) is 17.5 Å². The number of aromatic nitrogens is 1. The van der Waals surface area contributed by atoms with Crippen LogP contribution >= 0.6 is 11.3 Å². The van der Waals surface area contributed by atoms with Gasteiger partial charge in [-0.1, -0.05) is 18.2 Å². The van der Waals surface area contributed by atoms with Gasteiger partial charge in [0.25, 0.3) is 6.02 Å². The third kappa shape index (κ3) is 1.81. The van der Waals surface area contributed by atoms with Gasteiger partial charge in [-0.05, 0) is 24.0 Å². The number of nitrogens with two attached hydrogens (primary N) is 1. The molecule has 0 saturated carbocycles. The average Bonchev–Trinajstić information content (AvgIpc) is 3.09. The van der Waals surface area contributed by atoms with Gasteiger partial charge in [-0.2, -0.15) is 0 Å². The van der Waals surface area contributed by atoms with Gasteiger partial charge >= 0.3 is 0 Å². The Hall–Kier alpha value is -1.88. The lowest BCUT2D eigenvalue weighted by Gasteiger charge is -2.31. The molecule has 2 aromatic rings. The Morgan fingerprint density at radius 1 is 1.35 bits per heavy atom. The van der Waals surface area contributed by atoms with Crippen molar-refractivity contribution in [2.75, 3.05) is 6.61 Å². The molecule has 1 atom stereocenters. The standard InChI is InChI=1S/C15H15N3OS/c16-14-18-15(8-19-14)5-4-11-10(6-15)2-1-3-12(11)13-7-20-9-17-13/h1-3,7,9H,4-6,8H2,(H2,16,18)/t15-/m0/s1. The molecule has 102 valence electrons. The summed E-state index contributed by atoms with van der Waals surface area (Å²) < 4.78 is 5.38. The van der Waals surface area contributed by atoms with Crippen LogP contribution in [-0.2, 0) is 17.6 Å². The second-order valence-electron chi connectivity index (χ2n) is 5.46. The summed E-state index contributed by atoms with van der Waals surface area (Å²) in [6.07, 6.45) is 2.89. The number of hydrogen-bond donors (Lipinski definition) is 1. The van der Waals surface area contributed by atoms with Gasteiger partial charge in [0.1, 0.15) is 12.1 Å². The van der Waals surface area contributed by atoms with E-state index < -0.39 is 0 Å². The lowest BCUT2D eigenvalue weighted by molar-refractivity contribution is 0.235. The van der Waals surface area contributed by atoms with Crippen LogP contribution in [-0.4, -0.2) is 23.2 Å². The second kappa shape index (κ2) is 4.31. The van der Waals surface area contributed by atoms with Crippen LogP contribution < -0.4 is 5.73 Å². The number of hydrogen-bond acceptors (Lipinski definition) is 5. The van der Waals surface area contributed by atoms with Crippen molar-refractivity contribution in [3.05, 3.63) is 40.2 Å². The highest BCUT2D eigenvalue weighted by Crippen LogP contribution is 2.38. The van der Waals surface area contributed by atoms with Crippen molar-refractivity contribution in [2.45, 2.75) is 24.8 Å². The van der Waals surface area contributed by atoms with Gasteiger partial charge in [0.15, 0.2) is 0 Å². The Morgan fingerprint density at radius 2 is 2.30 bits per heavy atom. The molecule has 1 aliphatic carbocycles. The number of rotatable bonds is 1. The fourth-order valence-electron chi connectivity index (χ4n) is 3.21. The predicted molar refractivity (Wildman–Crippen MR) is 79.9 cm³/mol. The highest BCUT2D eigenvalue weighted by Gasteiger charge is 2.39. The number of aliphatic imine (C=N–C) groups is 1. The molecule has 0 amide bonds. The topological polar surface area (TPSA) is 60.5 Å². The molecule has 20 heavy (non-hydrogen) atoms. The molecule has 4 rings (SSSR count). The molecule has 0 radical (unpaired) electrons. The molecular weight excluding hydrogens is 270 g/mol. The van der Waals surface area contributed by atoms with Crippen molar-refractivity contribution in [1.29, 1.82) is 0 Å². The molecule has 2 N–H and O–H groups in total. The monoisotopic (exact) mass is 285 g/mol. The first-order chi connectivity index (χ1) is 9.76. The van der Waals surface area contributed by atoms with Crippen LogP contribution in [0.25, 0.3) is 11.3 Å². The van der Waals surface area contributed by atoms with Crippen LogP contribution in [0.3, 0.4) is 0 Å². The molecule has 2 aliphatic rings. The number of benzene rings is 1. The van der Waals surface area contributed by atoms with Gasteiger partial charge in [-0.3, -0.25) is 0 Å². The maximum absolute atomic E-state index is 5.69. The molecule has 0 unspecified atom stereocenters. The maximum atomic E-state index is 5.69. The van der Waals surface area contributed by atoms with E-state index in [2.05, 4.69) is 33.6 Å². The van der Waals surface area contributed by atoms with Crippen LogP contribution in [0.4, 0.5) is 0 Å². The van der Waals surface area contributed by atoms with Crippen LogP contribution in [0.15, 0.2) is 34.1 Å². The van der Waals surface area contributed by atoms with Crippen LogP contribution in [0.2, 0.25) is 0 Å². The highest BCUT2D eigenvalue weighted by atomic mass is 32.1. The van der Waals surface area contributed by atoms with Gasteiger partial charge in [0, 0.05) is 17.4 Å². The third-order valence-corrected chi connectivity index (χ3v) is 4.76. The number of thiazole rings is 1. The van der Waals surface area contributed by atoms with E-state index in [9.17, 15) is 0 Å². The van der Waals surface area contributed by atoms with Crippen molar-refractivity contribution in [1.82, 2.24) is 4.98 Å². The lowest BCUT2D eigenvalue weighted by Crippen LogP contribution is -2.35. The smallest absolute Gasteiger partial charge is 0.282 e. The SMILES string of the molecule is NC1=N[C@]2(CCc3c(cccc3-c3cscn3)C2)CO1. The summed E-state index contributed by atoms with van der Waals surface area (Å²) in [6, 6.07) is 6.80. The maximum Gasteiger partial charge on any atom is 0.282 e. The summed E-state index contributed by atoms with van der Waals surface area (Å²) in [4.78, 5) is 8.97. The Balaban J connectivity index is 1.76.